The van der Waals surface area contributed by atoms with Gasteiger partial charge in [0.2, 0.25) is 10.0 Å². The van der Waals surface area contributed by atoms with Crippen LogP contribution in [0, 0.1) is 6.92 Å². The number of ether oxygens (including phenoxy) is 4. The fourth-order valence-electron chi connectivity index (χ4n) is 3.99. The van der Waals surface area contributed by atoms with E-state index in [1.807, 2.05) is 19.9 Å². The first kappa shape index (κ1) is 26.7. The van der Waals surface area contributed by atoms with Crippen LogP contribution in [0.2, 0.25) is 0 Å². The lowest BCUT2D eigenvalue weighted by atomic mass is 10.0. The fraction of sp³-hybridized carbons (Fsp3) is 0.423. The topological polar surface area (TPSA) is 94.7 Å². The van der Waals surface area contributed by atoms with Gasteiger partial charge in [-0.2, -0.15) is 4.31 Å². The first-order valence-corrected chi connectivity index (χ1v) is 12.9. The number of nitrogens with zero attached hydrogens (tertiary/aromatic N) is 1. The van der Waals surface area contributed by atoms with E-state index in [-0.39, 0.29) is 23.6 Å². The Bertz CT molecular complexity index is 1140. The summed E-state index contributed by atoms with van der Waals surface area (Å²) in [5, 5.41) is 0. The monoisotopic (exact) mass is 503 g/mol. The molecule has 1 saturated heterocycles. The maximum absolute atomic E-state index is 13.9. The zero-order valence-electron chi connectivity index (χ0n) is 20.8. The molecule has 0 bridgehead atoms. The summed E-state index contributed by atoms with van der Waals surface area (Å²) in [5.41, 5.74) is 1.72. The second-order valence-electron chi connectivity index (χ2n) is 8.36. The van der Waals surface area contributed by atoms with Crippen molar-refractivity contribution in [2.24, 2.45) is 0 Å². The van der Waals surface area contributed by atoms with Crippen molar-refractivity contribution in [2.45, 2.75) is 56.4 Å². The molecule has 1 aliphatic rings. The molecule has 0 spiro atoms. The Morgan fingerprint density at radius 2 is 1.77 bits per heavy atom. The molecule has 0 unspecified atom stereocenters. The van der Waals surface area contributed by atoms with Gasteiger partial charge in [-0.1, -0.05) is 37.1 Å². The minimum atomic E-state index is -3.87. The van der Waals surface area contributed by atoms with Crippen molar-refractivity contribution in [2.75, 3.05) is 21.3 Å². The van der Waals surface area contributed by atoms with Crippen molar-refractivity contribution >= 4 is 16.0 Å². The second-order valence-corrected chi connectivity index (χ2v) is 10.2. The largest absolute Gasteiger partial charge is 0.493 e. The van der Waals surface area contributed by atoms with E-state index in [0.29, 0.717) is 17.9 Å². The Kier molecular flexibility index (Phi) is 8.93. The Balaban J connectivity index is 2.00. The summed E-state index contributed by atoms with van der Waals surface area (Å²) in [7, 11) is 0.522. The third kappa shape index (κ3) is 6.42. The molecule has 1 heterocycles. The highest BCUT2D eigenvalue weighted by molar-refractivity contribution is 7.89. The van der Waals surface area contributed by atoms with Crippen LogP contribution in [-0.4, -0.2) is 58.3 Å². The zero-order valence-corrected chi connectivity index (χ0v) is 21.6. The van der Waals surface area contributed by atoms with Crippen LogP contribution in [0.1, 0.15) is 30.9 Å². The minimum absolute atomic E-state index is 0.120. The molecule has 2 aromatic rings. The van der Waals surface area contributed by atoms with Crippen LogP contribution in [0.3, 0.4) is 0 Å². The maximum Gasteiger partial charge on any atom is 0.330 e. The number of benzene rings is 2. The summed E-state index contributed by atoms with van der Waals surface area (Å²) in [5.74, 6) is 0.597. The predicted molar refractivity (Wildman–Crippen MR) is 132 cm³/mol. The molecule has 3 atom stereocenters. The highest BCUT2D eigenvalue weighted by atomic mass is 32.2. The lowest BCUT2D eigenvalue weighted by molar-refractivity contribution is -0.134. The smallest absolute Gasteiger partial charge is 0.330 e. The van der Waals surface area contributed by atoms with Crippen molar-refractivity contribution < 1.29 is 32.2 Å². The lowest BCUT2D eigenvalue weighted by Crippen LogP contribution is -2.43. The van der Waals surface area contributed by atoms with Gasteiger partial charge in [0.05, 0.1) is 32.3 Å². The molecule has 1 fully saturated rings. The summed E-state index contributed by atoms with van der Waals surface area (Å²) >= 11 is 0. The van der Waals surface area contributed by atoms with Crippen LogP contribution in [0.25, 0.3) is 0 Å². The van der Waals surface area contributed by atoms with Gasteiger partial charge >= 0.3 is 5.97 Å². The van der Waals surface area contributed by atoms with E-state index >= 15 is 0 Å². The van der Waals surface area contributed by atoms with Gasteiger partial charge in [-0.05, 0) is 49.2 Å². The SMILES string of the molecule is CCC[C@@H]([C@@H]1O[C@H]1/C=C/C(=O)OC)N(Cc1ccc(OC)c(OC)c1)S(=O)(=O)c1ccc(C)cc1. The van der Waals surface area contributed by atoms with Gasteiger partial charge in [0.1, 0.15) is 12.2 Å². The number of aryl methyl sites for hydroxylation is 1. The van der Waals surface area contributed by atoms with Gasteiger partial charge < -0.3 is 18.9 Å². The van der Waals surface area contributed by atoms with E-state index in [1.54, 1.807) is 56.7 Å². The number of hydrogen-bond donors (Lipinski definition) is 0. The van der Waals surface area contributed by atoms with Crippen LogP contribution in [0.5, 0.6) is 11.5 Å². The van der Waals surface area contributed by atoms with Crippen molar-refractivity contribution in [1.29, 1.82) is 0 Å². The number of rotatable bonds is 12. The standard InChI is InChI=1S/C26H33NO7S/c1-6-7-21(26-23(34-26)14-15-25(28)33-5)27(35(29,30)20-11-8-18(2)9-12-20)17-19-10-13-22(31-3)24(16-19)32-4/h8-16,21,23,26H,6-7,17H2,1-5H3/b15-14+/t21-,23-,26-/m0/s1. The number of carbonyl (C=O) groups is 1. The van der Waals surface area contributed by atoms with Crippen LogP contribution in [0.4, 0.5) is 0 Å². The fourth-order valence-corrected chi connectivity index (χ4v) is 5.65. The van der Waals surface area contributed by atoms with Crippen LogP contribution < -0.4 is 9.47 Å². The summed E-state index contributed by atoms with van der Waals surface area (Å²) in [4.78, 5) is 11.7. The summed E-state index contributed by atoms with van der Waals surface area (Å²) in [6.07, 6.45) is 3.52. The van der Waals surface area contributed by atoms with E-state index < -0.39 is 22.0 Å². The first-order valence-electron chi connectivity index (χ1n) is 11.5. The highest BCUT2D eigenvalue weighted by Gasteiger charge is 2.48. The quantitative estimate of drug-likeness (QED) is 0.247. The van der Waals surface area contributed by atoms with E-state index in [0.717, 1.165) is 17.5 Å². The highest BCUT2D eigenvalue weighted by Crippen LogP contribution is 2.36. The molecule has 1 aliphatic heterocycles. The number of esters is 1. The molecule has 0 N–H and O–H groups in total. The summed E-state index contributed by atoms with van der Waals surface area (Å²) < 4.78 is 50.6. The Labute approximate surface area is 207 Å². The van der Waals surface area contributed by atoms with E-state index in [9.17, 15) is 13.2 Å². The molecule has 2 aromatic carbocycles. The number of hydrogen-bond acceptors (Lipinski definition) is 7. The number of sulfonamides is 1. The predicted octanol–water partition coefficient (Wildman–Crippen LogP) is 3.87. The van der Waals surface area contributed by atoms with Crippen molar-refractivity contribution in [1.82, 2.24) is 4.31 Å². The van der Waals surface area contributed by atoms with Gasteiger partial charge in [-0.3, -0.25) is 0 Å². The van der Waals surface area contributed by atoms with Gasteiger partial charge in [0.25, 0.3) is 0 Å². The first-order chi connectivity index (χ1) is 16.7. The molecule has 3 rings (SSSR count). The van der Waals surface area contributed by atoms with Gasteiger partial charge in [-0.25, -0.2) is 13.2 Å². The third-order valence-electron chi connectivity index (χ3n) is 5.93. The molecule has 0 aromatic heterocycles. The Morgan fingerprint density at radius 1 is 1.09 bits per heavy atom. The molecular weight excluding hydrogens is 470 g/mol. The molecule has 35 heavy (non-hydrogen) atoms. The van der Waals surface area contributed by atoms with Crippen molar-refractivity contribution in [3.8, 4) is 11.5 Å². The van der Waals surface area contributed by atoms with E-state index in [1.165, 1.54) is 17.5 Å². The Morgan fingerprint density at radius 3 is 2.37 bits per heavy atom. The van der Waals surface area contributed by atoms with E-state index in [4.69, 9.17) is 14.2 Å². The third-order valence-corrected chi connectivity index (χ3v) is 7.82. The average molecular weight is 504 g/mol. The minimum Gasteiger partial charge on any atom is -0.493 e. The average Bonchev–Trinajstić information content (AvgIpc) is 3.64. The molecule has 9 heteroatoms. The molecule has 0 amide bonds. The normalized spacial score (nSPS) is 18.5. The van der Waals surface area contributed by atoms with E-state index in [2.05, 4.69) is 4.74 Å². The maximum atomic E-state index is 13.9. The second kappa shape index (κ2) is 11.7. The molecular formula is C26H33NO7S. The van der Waals surface area contributed by atoms with Gasteiger partial charge in [0, 0.05) is 12.6 Å². The lowest BCUT2D eigenvalue weighted by Gasteiger charge is -2.30. The van der Waals surface area contributed by atoms with Crippen molar-refractivity contribution in [3.63, 3.8) is 0 Å². The molecule has 0 aliphatic carbocycles. The van der Waals surface area contributed by atoms with Gasteiger partial charge in [0.15, 0.2) is 11.5 Å². The molecule has 0 saturated carbocycles. The number of epoxide rings is 1. The Hall–Kier alpha value is -2.88. The van der Waals surface area contributed by atoms with Gasteiger partial charge in [-0.15, -0.1) is 0 Å². The van der Waals surface area contributed by atoms with Crippen LogP contribution in [0.15, 0.2) is 59.5 Å². The summed E-state index contributed by atoms with van der Waals surface area (Å²) in [6, 6.07) is 11.7. The van der Waals surface area contributed by atoms with Crippen LogP contribution >= 0.6 is 0 Å². The van der Waals surface area contributed by atoms with Crippen LogP contribution in [-0.2, 0) is 30.8 Å². The zero-order chi connectivity index (χ0) is 25.6. The molecule has 0 radical (unpaired) electrons. The number of carbonyl (C=O) groups excluding carboxylic acids is 1. The summed E-state index contributed by atoms with van der Waals surface area (Å²) in [6.45, 7) is 4.03. The molecule has 8 nitrogen and oxygen atoms in total. The van der Waals surface area contributed by atoms with Crippen molar-refractivity contribution in [3.05, 3.63) is 65.7 Å². The molecule has 190 valence electrons. The number of methoxy groups -OCH3 is 3.